The van der Waals surface area contributed by atoms with Crippen LogP contribution in [0.4, 0.5) is 0 Å². The van der Waals surface area contributed by atoms with E-state index < -0.39 is 80.2 Å². The van der Waals surface area contributed by atoms with Gasteiger partial charge in [0, 0.05) is 12.5 Å². The minimum Gasteiger partial charge on any atom is -0.394 e. The number of carbonyl (C=O) groups is 1. The molecule has 218 valence electrons. The van der Waals surface area contributed by atoms with Crippen LogP contribution in [0.25, 0.3) is 0 Å². The summed E-state index contributed by atoms with van der Waals surface area (Å²) in [6.45, 7) is 0.989. The monoisotopic (exact) mass is 561 g/mol. The number of ether oxygens (including phenoxy) is 6. The van der Waals surface area contributed by atoms with E-state index >= 15 is 0 Å². The number of nitrogens with one attached hydrogen (secondary N) is 1. The molecule has 0 radical (unpaired) electrons. The Morgan fingerprint density at radius 2 is 1.62 bits per heavy atom. The second-order valence-electron chi connectivity index (χ2n) is 10.0. The van der Waals surface area contributed by atoms with E-state index in [1.54, 1.807) is 0 Å². The molecule has 3 heterocycles. The summed E-state index contributed by atoms with van der Waals surface area (Å²) < 4.78 is 36.5. The number of fused-ring (bicyclic) bond motifs is 1. The normalized spacial score (nSPS) is 37.9. The van der Waals surface area contributed by atoms with Gasteiger partial charge in [-0.1, -0.05) is 60.7 Å². The van der Waals surface area contributed by atoms with Crippen LogP contribution in [-0.2, 0) is 39.8 Å². The van der Waals surface area contributed by atoms with Crippen molar-refractivity contribution >= 4 is 5.91 Å². The van der Waals surface area contributed by atoms with E-state index in [2.05, 4.69) is 5.32 Å². The number of hydrogen-bond acceptors (Lipinski definition) is 11. The minimum absolute atomic E-state index is 0.108. The molecule has 12 heteroatoms. The van der Waals surface area contributed by atoms with Crippen LogP contribution in [-0.4, -0.2) is 101 Å². The summed E-state index contributed by atoms with van der Waals surface area (Å²) >= 11 is 0. The van der Waals surface area contributed by atoms with E-state index in [0.717, 1.165) is 11.1 Å². The molecule has 5 rings (SSSR count). The van der Waals surface area contributed by atoms with Crippen molar-refractivity contribution in [3.05, 3.63) is 71.8 Å². The third kappa shape index (κ3) is 6.37. The van der Waals surface area contributed by atoms with Crippen LogP contribution in [0.3, 0.4) is 0 Å². The maximum absolute atomic E-state index is 12.3. The van der Waals surface area contributed by atoms with E-state index in [1.165, 1.54) is 6.92 Å². The molecule has 2 aromatic rings. The fourth-order valence-electron chi connectivity index (χ4n) is 5.13. The van der Waals surface area contributed by atoms with Crippen LogP contribution < -0.4 is 5.32 Å². The van der Waals surface area contributed by atoms with E-state index in [1.807, 2.05) is 60.7 Å². The van der Waals surface area contributed by atoms with Gasteiger partial charge in [0.05, 0.1) is 19.8 Å². The van der Waals surface area contributed by atoms with Crippen LogP contribution in [0.5, 0.6) is 0 Å². The third-order valence-electron chi connectivity index (χ3n) is 7.18. The first kappa shape index (κ1) is 29.0. The highest BCUT2D eigenvalue weighted by molar-refractivity contribution is 5.73. The number of aliphatic hydroxyl groups is 4. The molecule has 0 saturated carbocycles. The molecule has 3 aliphatic heterocycles. The number of benzene rings is 2. The fraction of sp³-hybridized carbons (Fsp3) is 0.536. The van der Waals surface area contributed by atoms with E-state index in [4.69, 9.17) is 28.4 Å². The van der Waals surface area contributed by atoms with Gasteiger partial charge in [-0.05, 0) is 5.56 Å². The summed E-state index contributed by atoms with van der Waals surface area (Å²) in [6, 6.07) is 17.7. The third-order valence-corrected chi connectivity index (χ3v) is 7.18. The Hall–Kier alpha value is -2.49. The van der Waals surface area contributed by atoms with Gasteiger partial charge < -0.3 is 54.2 Å². The number of amides is 1. The molecule has 0 aliphatic carbocycles. The van der Waals surface area contributed by atoms with Crippen molar-refractivity contribution in [2.75, 3.05) is 13.2 Å². The predicted octanol–water partition coefficient (Wildman–Crippen LogP) is -0.268. The first-order valence-corrected chi connectivity index (χ1v) is 13.2. The van der Waals surface area contributed by atoms with Crippen molar-refractivity contribution in [2.24, 2.45) is 0 Å². The van der Waals surface area contributed by atoms with Crippen LogP contribution in [0.2, 0.25) is 0 Å². The average molecular weight is 562 g/mol. The van der Waals surface area contributed by atoms with E-state index in [0.29, 0.717) is 0 Å². The van der Waals surface area contributed by atoms with Gasteiger partial charge in [0.2, 0.25) is 5.91 Å². The lowest BCUT2D eigenvalue weighted by Gasteiger charge is -2.51. The highest BCUT2D eigenvalue weighted by atomic mass is 16.8. The smallest absolute Gasteiger partial charge is 0.217 e. The Labute approximate surface area is 231 Å². The van der Waals surface area contributed by atoms with Crippen molar-refractivity contribution < 1.29 is 53.6 Å². The Morgan fingerprint density at radius 1 is 0.925 bits per heavy atom. The summed E-state index contributed by atoms with van der Waals surface area (Å²) in [5.74, 6) is -0.394. The highest BCUT2D eigenvalue weighted by Gasteiger charge is 2.54. The Kier molecular flexibility index (Phi) is 9.43. The average Bonchev–Trinajstić information content (AvgIpc) is 2.98. The van der Waals surface area contributed by atoms with Crippen molar-refractivity contribution in [1.29, 1.82) is 0 Å². The second-order valence-corrected chi connectivity index (χ2v) is 10.0. The topological polar surface area (TPSA) is 165 Å². The summed E-state index contributed by atoms with van der Waals surface area (Å²) in [6.07, 6.45) is -11.9. The Balaban J connectivity index is 1.44. The largest absolute Gasteiger partial charge is 0.394 e. The van der Waals surface area contributed by atoms with Crippen molar-refractivity contribution in [1.82, 2.24) is 5.32 Å². The van der Waals surface area contributed by atoms with Crippen LogP contribution in [0.15, 0.2) is 60.7 Å². The SMILES string of the molecule is CC(=O)NC1C(O[C@@H]2OC(CO)[C@H](O)C(O)C2O)[C@H]2OC(c3ccccc3)OCC2O[C@@H]1OCc1ccccc1. The van der Waals surface area contributed by atoms with E-state index in [9.17, 15) is 25.2 Å². The standard InChI is InChI=1S/C28H35NO11/c1-15(31)29-20-25(40-28-23(34)22(33)21(32)18(12-30)37-28)24-19(14-36-26(39-24)17-10-6-3-7-11-17)38-27(20)35-13-16-8-4-2-5-9-16/h2-11,18-28,30,32-34H,12-14H2,1H3,(H,29,31)/t18?,19?,20?,21-,22?,23?,24-,25?,26?,27-,28-/m0/s1. The molecular formula is C28H35NO11. The first-order chi connectivity index (χ1) is 19.4. The molecule has 7 unspecified atom stereocenters. The molecule has 0 aromatic heterocycles. The van der Waals surface area contributed by atoms with Gasteiger partial charge in [-0.25, -0.2) is 0 Å². The van der Waals surface area contributed by atoms with Gasteiger partial charge in [0.1, 0.15) is 48.8 Å². The van der Waals surface area contributed by atoms with Crippen LogP contribution in [0.1, 0.15) is 24.3 Å². The van der Waals surface area contributed by atoms with E-state index in [-0.39, 0.29) is 13.2 Å². The molecule has 40 heavy (non-hydrogen) atoms. The number of aliphatic hydroxyl groups excluding tert-OH is 4. The number of rotatable bonds is 8. The quantitative estimate of drug-likeness (QED) is 0.288. The van der Waals surface area contributed by atoms with Crippen molar-refractivity contribution in [3.63, 3.8) is 0 Å². The van der Waals surface area contributed by atoms with Crippen LogP contribution >= 0.6 is 0 Å². The van der Waals surface area contributed by atoms with Gasteiger partial charge in [0.25, 0.3) is 0 Å². The number of hydrogen-bond donors (Lipinski definition) is 5. The predicted molar refractivity (Wildman–Crippen MR) is 136 cm³/mol. The van der Waals surface area contributed by atoms with Gasteiger partial charge in [-0.3, -0.25) is 4.79 Å². The molecular weight excluding hydrogens is 526 g/mol. The Bertz CT molecular complexity index is 1090. The summed E-state index contributed by atoms with van der Waals surface area (Å²) in [4.78, 5) is 12.3. The maximum atomic E-state index is 12.3. The lowest BCUT2D eigenvalue weighted by atomic mass is 9.94. The molecule has 2 aromatic carbocycles. The lowest BCUT2D eigenvalue weighted by molar-refractivity contribution is -0.378. The summed E-state index contributed by atoms with van der Waals surface area (Å²) in [5.41, 5.74) is 1.63. The van der Waals surface area contributed by atoms with Gasteiger partial charge in [-0.2, -0.15) is 0 Å². The van der Waals surface area contributed by atoms with Gasteiger partial charge in [-0.15, -0.1) is 0 Å². The molecule has 3 saturated heterocycles. The molecule has 0 bridgehead atoms. The zero-order valence-electron chi connectivity index (χ0n) is 21.9. The fourth-order valence-corrected chi connectivity index (χ4v) is 5.13. The molecule has 3 aliphatic rings. The van der Waals surface area contributed by atoms with Crippen molar-refractivity contribution in [2.45, 2.75) is 81.2 Å². The molecule has 12 nitrogen and oxygen atoms in total. The van der Waals surface area contributed by atoms with Crippen LogP contribution in [0, 0.1) is 0 Å². The molecule has 0 spiro atoms. The van der Waals surface area contributed by atoms with Gasteiger partial charge >= 0.3 is 0 Å². The second kappa shape index (κ2) is 13.0. The van der Waals surface area contributed by atoms with Crippen molar-refractivity contribution in [3.8, 4) is 0 Å². The lowest BCUT2D eigenvalue weighted by Crippen LogP contribution is -2.69. The minimum atomic E-state index is -1.66. The summed E-state index contributed by atoms with van der Waals surface area (Å²) in [5, 5.41) is 43.8. The maximum Gasteiger partial charge on any atom is 0.217 e. The van der Waals surface area contributed by atoms with Gasteiger partial charge in [0.15, 0.2) is 18.9 Å². The summed E-state index contributed by atoms with van der Waals surface area (Å²) in [7, 11) is 0. The molecule has 3 fully saturated rings. The number of carbonyl (C=O) groups excluding carboxylic acids is 1. The zero-order chi connectivity index (χ0) is 28.2. The Morgan fingerprint density at radius 3 is 2.30 bits per heavy atom. The molecule has 5 N–H and O–H groups in total. The first-order valence-electron chi connectivity index (χ1n) is 13.2. The zero-order valence-corrected chi connectivity index (χ0v) is 21.9. The highest BCUT2D eigenvalue weighted by Crippen LogP contribution is 2.37. The molecule has 11 atom stereocenters. The molecule has 1 amide bonds.